The zero-order chi connectivity index (χ0) is 36.7. The first-order valence-electron chi connectivity index (χ1n) is 18.7. The summed E-state index contributed by atoms with van der Waals surface area (Å²) in [6, 6.07) is 0. The average Bonchev–Trinajstić information content (AvgIpc) is 3.37. The molecule has 1 aromatic heterocycles. The van der Waals surface area contributed by atoms with E-state index in [2.05, 4.69) is 27.7 Å². The van der Waals surface area contributed by atoms with Crippen molar-refractivity contribution in [2.45, 2.75) is 145 Å². The van der Waals surface area contributed by atoms with Crippen LogP contribution in [0.25, 0.3) is 0 Å². The van der Waals surface area contributed by atoms with Crippen molar-refractivity contribution >= 4 is 23.7 Å². The highest BCUT2D eigenvalue weighted by atomic mass is 16.6. The number of rotatable bonds is 8. The molecule has 0 aliphatic heterocycles. The van der Waals surface area contributed by atoms with Gasteiger partial charge in [-0.05, 0) is 125 Å². The minimum atomic E-state index is -1.27. The van der Waals surface area contributed by atoms with Crippen molar-refractivity contribution < 1.29 is 42.6 Å². The van der Waals surface area contributed by atoms with E-state index in [9.17, 15) is 29.1 Å². The molecule has 0 bridgehead atoms. The van der Waals surface area contributed by atoms with E-state index >= 15 is 0 Å². The molecule has 1 aromatic rings. The maximum absolute atomic E-state index is 14.8. The number of allylic oxidation sites excluding steroid dienone is 2. The Labute approximate surface area is 295 Å². The summed E-state index contributed by atoms with van der Waals surface area (Å²) < 4.78 is 22.1. The Morgan fingerprint density at radius 1 is 0.940 bits per heavy atom. The second kappa shape index (κ2) is 12.2. The number of ketones is 1. The Kier molecular flexibility index (Phi) is 8.95. The van der Waals surface area contributed by atoms with Crippen molar-refractivity contribution in [3.8, 4) is 0 Å². The number of aryl methyl sites for hydroxylation is 1. The number of carboxylic acid groups (broad SMARTS) is 1. The lowest BCUT2D eigenvalue weighted by atomic mass is 9.33. The summed E-state index contributed by atoms with van der Waals surface area (Å²) in [5.74, 6) is -2.85. The molecule has 5 aliphatic carbocycles. The summed E-state index contributed by atoms with van der Waals surface area (Å²) in [4.78, 5) is 66.5. The van der Waals surface area contributed by atoms with Crippen LogP contribution >= 0.6 is 0 Å². The van der Waals surface area contributed by atoms with Crippen LogP contribution in [0, 0.1) is 57.2 Å². The fourth-order valence-electron chi connectivity index (χ4n) is 11.8. The van der Waals surface area contributed by atoms with Crippen LogP contribution in [0.4, 0.5) is 0 Å². The van der Waals surface area contributed by atoms with Crippen molar-refractivity contribution in [1.82, 2.24) is 0 Å². The predicted molar refractivity (Wildman–Crippen MR) is 183 cm³/mol. The number of hydrogen-bond donors (Lipinski definition) is 1. The lowest BCUT2D eigenvalue weighted by molar-refractivity contribution is -0.224. The van der Waals surface area contributed by atoms with E-state index in [0.29, 0.717) is 44.9 Å². The molecular formula is C40H56O10. The van der Waals surface area contributed by atoms with E-state index in [1.165, 1.54) is 0 Å². The van der Waals surface area contributed by atoms with Gasteiger partial charge in [-0.2, -0.15) is 0 Å². The van der Waals surface area contributed by atoms with Gasteiger partial charge in [0, 0.05) is 12.3 Å². The van der Waals surface area contributed by atoms with Crippen molar-refractivity contribution in [1.29, 1.82) is 0 Å². The highest BCUT2D eigenvalue weighted by Crippen LogP contribution is 2.75. The smallest absolute Gasteiger partial charge is 0.481 e. The van der Waals surface area contributed by atoms with E-state index < -0.39 is 45.5 Å². The predicted octanol–water partition coefficient (Wildman–Crippen LogP) is 7.73. The minimum absolute atomic E-state index is 0.00768. The molecule has 5 aliphatic rings. The standard InChI is InChI=1S/C40H56O10/c1-9-10-11-30(42)50-29-13-14-37(5)28(40(29,8)33(45)47-22-27-23(2)48-34(46)49-27)12-15-39(7)31(37)26(41)20-24-25-21-36(4,32(43)44)17-16-35(25,3)18-19-38(24,39)6/h20,25,28-29,31H,9-19,21-22H2,1-8H3,(H,43,44)/t25-,28+,29-,31+,35+,36-,37-,38+,39+,40-/m0/s1. The van der Waals surface area contributed by atoms with E-state index in [4.69, 9.17) is 18.3 Å². The van der Waals surface area contributed by atoms with Crippen molar-refractivity contribution in [2.24, 2.45) is 50.2 Å². The molecule has 0 aromatic carbocycles. The summed E-state index contributed by atoms with van der Waals surface area (Å²) in [6.07, 6.45) is 9.12. The molecule has 0 saturated heterocycles. The normalized spacial score (nSPS) is 42.2. The third-order valence-electron chi connectivity index (χ3n) is 15.3. The van der Waals surface area contributed by atoms with Gasteiger partial charge in [0.25, 0.3) is 0 Å². The molecule has 1 heterocycles. The van der Waals surface area contributed by atoms with Crippen LogP contribution < -0.4 is 5.82 Å². The molecule has 0 amide bonds. The molecule has 10 atom stereocenters. The number of esters is 2. The Morgan fingerprint density at radius 3 is 2.28 bits per heavy atom. The van der Waals surface area contributed by atoms with Crippen LogP contribution in [0.2, 0.25) is 0 Å². The van der Waals surface area contributed by atoms with Gasteiger partial charge >= 0.3 is 23.7 Å². The summed E-state index contributed by atoms with van der Waals surface area (Å²) >= 11 is 0. The van der Waals surface area contributed by atoms with E-state index in [-0.39, 0.29) is 64.9 Å². The number of carboxylic acids is 1. The maximum atomic E-state index is 14.8. The van der Waals surface area contributed by atoms with Gasteiger partial charge in [0.2, 0.25) is 0 Å². The van der Waals surface area contributed by atoms with E-state index in [1.807, 2.05) is 26.8 Å². The van der Waals surface area contributed by atoms with Crippen LogP contribution in [0.3, 0.4) is 0 Å². The minimum Gasteiger partial charge on any atom is -0.481 e. The van der Waals surface area contributed by atoms with E-state index in [0.717, 1.165) is 31.3 Å². The first-order chi connectivity index (χ1) is 23.3. The molecule has 4 saturated carbocycles. The zero-order valence-corrected chi connectivity index (χ0v) is 31.2. The number of unbranched alkanes of at least 4 members (excludes halogenated alkanes) is 1. The molecule has 10 heteroatoms. The monoisotopic (exact) mass is 696 g/mol. The fourth-order valence-corrected chi connectivity index (χ4v) is 11.8. The van der Waals surface area contributed by atoms with Gasteiger partial charge in [-0.15, -0.1) is 0 Å². The fraction of sp³-hybridized carbons (Fsp3) is 0.775. The molecule has 1 N–H and O–H groups in total. The molecular weight excluding hydrogens is 640 g/mol. The topological polar surface area (TPSA) is 150 Å². The number of aliphatic carboxylic acids is 1. The Morgan fingerprint density at radius 2 is 1.64 bits per heavy atom. The van der Waals surface area contributed by atoms with Crippen LogP contribution in [-0.2, 0) is 35.3 Å². The van der Waals surface area contributed by atoms with Crippen molar-refractivity contribution in [3.05, 3.63) is 33.8 Å². The van der Waals surface area contributed by atoms with Crippen LogP contribution in [-0.4, -0.2) is 34.9 Å². The highest BCUT2D eigenvalue weighted by Gasteiger charge is 2.72. The number of hydrogen-bond acceptors (Lipinski definition) is 9. The summed E-state index contributed by atoms with van der Waals surface area (Å²) in [7, 11) is 0. The SMILES string of the molecule is CCCCC(=O)O[C@H]1CC[C@@]2(C)[C@@H](CC[C@]3(C)[C@@H]2C(=O)C=C2[C@@H]4C[C@@](C)(C(=O)O)CC[C@]4(C)CC[C@]23C)[C@]1(C)C(=O)OCc1oc(=O)oc1C. The first kappa shape index (κ1) is 36.6. The second-order valence-corrected chi connectivity index (χ2v) is 18.0. The summed E-state index contributed by atoms with van der Waals surface area (Å²) in [6.45, 7) is 16.0. The lowest BCUT2D eigenvalue weighted by Crippen LogP contribution is -2.68. The number of ether oxygens (including phenoxy) is 2. The largest absolute Gasteiger partial charge is 0.519 e. The molecule has 6 rings (SSSR count). The molecule has 0 radical (unpaired) electrons. The van der Waals surface area contributed by atoms with Crippen LogP contribution in [0.15, 0.2) is 25.3 Å². The van der Waals surface area contributed by atoms with Crippen molar-refractivity contribution in [3.63, 3.8) is 0 Å². The van der Waals surface area contributed by atoms with Gasteiger partial charge < -0.3 is 23.4 Å². The summed E-state index contributed by atoms with van der Waals surface area (Å²) in [5.41, 5.74) is -2.39. The zero-order valence-electron chi connectivity index (χ0n) is 31.2. The van der Waals surface area contributed by atoms with Crippen molar-refractivity contribution in [2.75, 3.05) is 0 Å². The molecule has 4 fully saturated rings. The molecule has 276 valence electrons. The van der Waals surface area contributed by atoms with Gasteiger partial charge in [0.1, 0.15) is 11.5 Å². The quantitative estimate of drug-likeness (QED) is 0.268. The summed E-state index contributed by atoms with van der Waals surface area (Å²) in [5, 5.41) is 10.2. The Balaban J connectivity index is 1.39. The molecule has 10 nitrogen and oxygen atoms in total. The molecule has 0 spiro atoms. The van der Waals surface area contributed by atoms with Gasteiger partial charge in [-0.3, -0.25) is 19.2 Å². The molecule has 50 heavy (non-hydrogen) atoms. The highest BCUT2D eigenvalue weighted by molar-refractivity contribution is 5.96. The lowest BCUT2D eigenvalue weighted by Gasteiger charge is -2.70. The molecule has 0 unspecified atom stereocenters. The second-order valence-electron chi connectivity index (χ2n) is 18.0. The van der Waals surface area contributed by atoms with Crippen LogP contribution in [0.1, 0.15) is 137 Å². The van der Waals surface area contributed by atoms with Crippen LogP contribution in [0.5, 0.6) is 0 Å². The van der Waals surface area contributed by atoms with E-state index in [1.54, 1.807) is 6.92 Å². The van der Waals surface area contributed by atoms with Gasteiger partial charge in [-0.1, -0.05) is 46.6 Å². The Hall–Kier alpha value is -3.17. The number of carbonyl (C=O) groups excluding carboxylic acids is 3. The average molecular weight is 697 g/mol. The third-order valence-corrected chi connectivity index (χ3v) is 15.3. The Bertz CT molecular complexity index is 1670. The maximum Gasteiger partial charge on any atom is 0.519 e. The van der Waals surface area contributed by atoms with Gasteiger partial charge in [0.05, 0.1) is 5.41 Å². The number of fused-ring (bicyclic) bond motifs is 7. The van der Waals surface area contributed by atoms with Gasteiger partial charge in [0.15, 0.2) is 23.9 Å². The first-order valence-corrected chi connectivity index (χ1v) is 18.7. The van der Waals surface area contributed by atoms with Gasteiger partial charge in [-0.25, -0.2) is 4.79 Å². The third kappa shape index (κ3) is 5.27. The number of carbonyl (C=O) groups is 4.